The second kappa shape index (κ2) is 8.60. The van der Waals surface area contributed by atoms with E-state index in [1.165, 1.54) is 0 Å². The third kappa shape index (κ3) is 5.22. The lowest BCUT2D eigenvalue weighted by molar-refractivity contribution is -0.139. The van der Waals surface area contributed by atoms with E-state index >= 15 is 0 Å². The maximum Gasteiger partial charge on any atom is 0.320 e. The summed E-state index contributed by atoms with van der Waals surface area (Å²) in [7, 11) is 1.56. The lowest BCUT2D eigenvalue weighted by Gasteiger charge is -2.13. The number of ketones is 1. The highest BCUT2D eigenvalue weighted by molar-refractivity contribution is 7.98. The number of carboxylic acid groups (broad SMARTS) is 1. The first-order valence-electron chi connectivity index (χ1n) is 6.21. The molecule has 0 spiro atoms. The molecule has 0 aliphatic heterocycles. The highest BCUT2D eigenvalue weighted by Crippen LogP contribution is 2.11. The van der Waals surface area contributed by atoms with Crippen molar-refractivity contribution in [2.75, 3.05) is 25.7 Å². The first-order valence-corrected chi connectivity index (χ1v) is 7.60. The summed E-state index contributed by atoms with van der Waals surface area (Å²) in [6, 6.07) is 6.05. The zero-order chi connectivity index (χ0) is 15.0. The fraction of sp³-hybridized carbons (Fsp3) is 0.429. The van der Waals surface area contributed by atoms with Gasteiger partial charge in [-0.05, 0) is 42.7 Å². The van der Waals surface area contributed by atoms with Crippen molar-refractivity contribution in [1.29, 1.82) is 0 Å². The molecule has 20 heavy (non-hydrogen) atoms. The Balaban J connectivity index is 2.53. The van der Waals surface area contributed by atoms with Gasteiger partial charge in [-0.1, -0.05) is 0 Å². The fourth-order valence-electron chi connectivity index (χ4n) is 1.64. The lowest BCUT2D eigenvalue weighted by Crippen LogP contribution is -2.40. The van der Waals surface area contributed by atoms with Crippen molar-refractivity contribution in [3.05, 3.63) is 29.8 Å². The molecule has 1 rings (SSSR count). The summed E-state index contributed by atoms with van der Waals surface area (Å²) >= 11 is 1.58. The van der Waals surface area contributed by atoms with Crippen LogP contribution in [0.1, 0.15) is 16.8 Å². The van der Waals surface area contributed by atoms with Crippen LogP contribution in [0, 0.1) is 0 Å². The van der Waals surface area contributed by atoms with E-state index in [4.69, 9.17) is 9.84 Å². The summed E-state index contributed by atoms with van der Waals surface area (Å²) in [5.41, 5.74) is 0.535. The minimum Gasteiger partial charge on any atom is -0.497 e. The number of nitrogens with one attached hydrogen (secondary N) is 1. The van der Waals surface area contributed by atoms with Crippen molar-refractivity contribution >= 4 is 23.5 Å². The highest BCUT2D eigenvalue weighted by atomic mass is 32.2. The van der Waals surface area contributed by atoms with Gasteiger partial charge in [0.05, 0.1) is 13.7 Å². The largest absolute Gasteiger partial charge is 0.497 e. The van der Waals surface area contributed by atoms with Crippen molar-refractivity contribution < 1.29 is 19.4 Å². The minimum atomic E-state index is -0.929. The highest BCUT2D eigenvalue weighted by Gasteiger charge is 2.17. The van der Waals surface area contributed by atoms with Gasteiger partial charge in [0.25, 0.3) is 0 Å². The maximum atomic E-state index is 11.9. The average molecular weight is 297 g/mol. The number of Topliss-reactive ketones (excluding diaryl/α,β-unsaturated/α-hetero) is 1. The van der Waals surface area contributed by atoms with Gasteiger partial charge < -0.3 is 9.84 Å². The molecule has 1 atom stereocenters. The molecule has 0 heterocycles. The van der Waals surface area contributed by atoms with E-state index in [0.717, 1.165) is 5.75 Å². The molecule has 0 saturated carbocycles. The predicted octanol–water partition coefficient (Wildman–Crippen LogP) is 1.67. The number of carbonyl (C=O) groups is 2. The summed E-state index contributed by atoms with van der Waals surface area (Å²) < 4.78 is 5.02. The van der Waals surface area contributed by atoms with E-state index in [1.807, 2.05) is 6.26 Å². The Hall–Kier alpha value is -1.53. The number of aliphatic carboxylic acids is 1. The first kappa shape index (κ1) is 16.5. The normalized spacial score (nSPS) is 11.9. The van der Waals surface area contributed by atoms with Crippen LogP contribution in [0.15, 0.2) is 24.3 Å². The van der Waals surface area contributed by atoms with Gasteiger partial charge in [-0.25, -0.2) is 0 Å². The zero-order valence-corrected chi connectivity index (χ0v) is 12.4. The Morgan fingerprint density at radius 3 is 2.50 bits per heavy atom. The number of hydrogen-bond donors (Lipinski definition) is 2. The molecular weight excluding hydrogens is 278 g/mol. The van der Waals surface area contributed by atoms with Crippen molar-refractivity contribution in [3.63, 3.8) is 0 Å². The summed E-state index contributed by atoms with van der Waals surface area (Å²) in [5.74, 6) is 0.350. The fourth-order valence-corrected chi connectivity index (χ4v) is 2.11. The first-order chi connectivity index (χ1) is 9.58. The average Bonchev–Trinajstić information content (AvgIpc) is 2.46. The molecule has 0 unspecified atom stereocenters. The molecule has 5 nitrogen and oxygen atoms in total. The molecule has 6 heteroatoms. The van der Waals surface area contributed by atoms with Crippen LogP contribution in [0.3, 0.4) is 0 Å². The molecule has 0 aliphatic rings. The molecular formula is C14H19NO4S. The SMILES string of the molecule is COc1ccc(C(=O)CN[C@@H](CCSC)C(=O)O)cc1. The van der Waals surface area contributed by atoms with Gasteiger partial charge in [0, 0.05) is 5.56 Å². The number of carbonyl (C=O) groups excluding carboxylic acids is 1. The van der Waals surface area contributed by atoms with E-state index in [1.54, 1.807) is 43.1 Å². The van der Waals surface area contributed by atoms with Gasteiger partial charge >= 0.3 is 5.97 Å². The number of thioether (sulfide) groups is 1. The van der Waals surface area contributed by atoms with E-state index in [0.29, 0.717) is 17.7 Å². The van der Waals surface area contributed by atoms with Crippen molar-refractivity contribution in [3.8, 4) is 5.75 Å². The smallest absolute Gasteiger partial charge is 0.320 e. The van der Waals surface area contributed by atoms with Gasteiger partial charge in [-0.2, -0.15) is 11.8 Å². The van der Waals surface area contributed by atoms with Gasteiger partial charge in [-0.3, -0.25) is 14.9 Å². The van der Waals surface area contributed by atoms with Gasteiger partial charge in [0.15, 0.2) is 5.78 Å². The molecule has 1 aromatic rings. The summed E-state index contributed by atoms with van der Waals surface area (Å²) in [5, 5.41) is 11.8. The molecule has 0 radical (unpaired) electrons. The molecule has 0 fully saturated rings. The van der Waals surface area contributed by atoms with Crippen LogP contribution in [0.5, 0.6) is 5.75 Å². The van der Waals surface area contributed by atoms with Crippen LogP contribution in [0.25, 0.3) is 0 Å². The third-order valence-corrected chi connectivity index (χ3v) is 3.47. The zero-order valence-electron chi connectivity index (χ0n) is 11.6. The van der Waals surface area contributed by atoms with Gasteiger partial charge in [-0.15, -0.1) is 0 Å². The van der Waals surface area contributed by atoms with Crippen molar-refractivity contribution in [1.82, 2.24) is 5.32 Å². The summed E-state index contributed by atoms with van der Waals surface area (Å²) in [6.45, 7) is 0.0116. The van der Waals surface area contributed by atoms with Crippen molar-refractivity contribution in [2.45, 2.75) is 12.5 Å². The van der Waals surface area contributed by atoms with Crippen molar-refractivity contribution in [2.24, 2.45) is 0 Å². The second-order valence-corrected chi connectivity index (χ2v) is 5.19. The maximum absolute atomic E-state index is 11.9. The third-order valence-electron chi connectivity index (χ3n) is 2.83. The predicted molar refractivity (Wildman–Crippen MR) is 79.8 cm³/mol. The van der Waals surface area contributed by atoms with Gasteiger partial charge in [0.2, 0.25) is 0 Å². The quantitative estimate of drug-likeness (QED) is 0.675. The number of benzene rings is 1. The molecule has 0 saturated heterocycles. The number of rotatable bonds is 9. The molecule has 0 bridgehead atoms. The van der Waals surface area contributed by atoms with Crippen LogP contribution in [0.2, 0.25) is 0 Å². The second-order valence-electron chi connectivity index (χ2n) is 4.20. The molecule has 1 aromatic carbocycles. The minimum absolute atomic E-state index is 0.0116. The Labute approximate surface area is 122 Å². The molecule has 110 valence electrons. The van der Waals surface area contributed by atoms with E-state index in [2.05, 4.69) is 5.32 Å². The van der Waals surface area contributed by atoms with Gasteiger partial charge in [0.1, 0.15) is 11.8 Å². The monoisotopic (exact) mass is 297 g/mol. The number of carboxylic acids is 1. The number of ether oxygens (including phenoxy) is 1. The van der Waals surface area contributed by atoms with Crippen LogP contribution < -0.4 is 10.1 Å². The van der Waals surface area contributed by atoms with Crippen LogP contribution >= 0.6 is 11.8 Å². The van der Waals surface area contributed by atoms with E-state index < -0.39 is 12.0 Å². The Morgan fingerprint density at radius 2 is 2.00 bits per heavy atom. The Morgan fingerprint density at radius 1 is 1.35 bits per heavy atom. The van der Waals surface area contributed by atoms with E-state index in [9.17, 15) is 9.59 Å². The lowest BCUT2D eigenvalue weighted by atomic mass is 10.1. The van der Waals surface area contributed by atoms with Crippen LogP contribution in [-0.2, 0) is 4.79 Å². The summed E-state index contributed by atoms with van der Waals surface area (Å²) in [4.78, 5) is 23.0. The van der Waals surface area contributed by atoms with Crippen LogP contribution in [0.4, 0.5) is 0 Å². The van der Waals surface area contributed by atoms with E-state index in [-0.39, 0.29) is 12.3 Å². The molecule has 2 N–H and O–H groups in total. The number of hydrogen-bond acceptors (Lipinski definition) is 5. The summed E-state index contributed by atoms with van der Waals surface area (Å²) in [6.07, 6.45) is 2.41. The Bertz CT molecular complexity index is 447. The standard InChI is InChI=1S/C14H19NO4S/c1-19-11-5-3-10(4-6-11)13(16)9-15-12(14(17)18)7-8-20-2/h3-6,12,15H,7-9H2,1-2H3,(H,17,18)/t12-/m0/s1. The Kier molecular flexibility index (Phi) is 7.11. The number of methoxy groups -OCH3 is 1. The molecule has 0 aromatic heterocycles. The topological polar surface area (TPSA) is 75.6 Å². The molecule has 0 aliphatic carbocycles. The van der Waals surface area contributed by atoms with Crippen LogP contribution in [-0.4, -0.2) is 48.6 Å². The molecule has 0 amide bonds.